The predicted molar refractivity (Wildman–Crippen MR) is 80.5 cm³/mol. The van der Waals surface area contributed by atoms with Crippen LogP contribution < -0.4 is 4.90 Å². The van der Waals surface area contributed by atoms with Crippen LogP contribution in [-0.2, 0) is 6.54 Å². The lowest BCUT2D eigenvalue weighted by Crippen LogP contribution is -2.21. The van der Waals surface area contributed by atoms with Crippen LogP contribution in [0.4, 0.5) is 5.69 Å². The number of benzene rings is 2. The van der Waals surface area contributed by atoms with E-state index in [1.54, 1.807) is 0 Å². The third kappa shape index (κ3) is 2.17. The quantitative estimate of drug-likeness (QED) is 0.769. The number of hydrogen-bond acceptors (Lipinski definition) is 1. The summed E-state index contributed by atoms with van der Waals surface area (Å²) < 4.78 is 0. The first kappa shape index (κ1) is 11.8. The number of rotatable bonds is 3. The van der Waals surface area contributed by atoms with Gasteiger partial charge in [-0.25, -0.2) is 0 Å². The van der Waals surface area contributed by atoms with Gasteiger partial charge in [0.2, 0.25) is 0 Å². The largest absolute Gasteiger partial charge is 0.366 e. The second-order valence-electron chi connectivity index (χ2n) is 4.78. The molecule has 1 atom stereocenters. The summed E-state index contributed by atoms with van der Waals surface area (Å²) in [4.78, 5) is 2.48. The third-order valence-electron chi connectivity index (χ3n) is 3.56. The fourth-order valence-electron chi connectivity index (χ4n) is 2.67. The van der Waals surface area contributed by atoms with E-state index in [1.807, 2.05) is 0 Å². The van der Waals surface area contributed by atoms with E-state index in [1.165, 1.54) is 16.8 Å². The maximum absolute atomic E-state index is 3.63. The second-order valence-corrected chi connectivity index (χ2v) is 5.42. The highest BCUT2D eigenvalue weighted by molar-refractivity contribution is 9.09. The maximum Gasteiger partial charge on any atom is 0.0429 e. The smallest absolute Gasteiger partial charge is 0.0429 e. The molecule has 2 aromatic carbocycles. The van der Waals surface area contributed by atoms with Crippen molar-refractivity contribution in [2.75, 3.05) is 16.8 Å². The van der Waals surface area contributed by atoms with Crippen LogP contribution in [0.1, 0.15) is 17.0 Å². The van der Waals surface area contributed by atoms with Crippen LogP contribution >= 0.6 is 15.9 Å². The van der Waals surface area contributed by atoms with Crippen molar-refractivity contribution >= 4 is 21.6 Å². The van der Waals surface area contributed by atoms with Crippen LogP contribution in [-0.4, -0.2) is 11.9 Å². The third-order valence-corrected chi connectivity index (χ3v) is 4.34. The molecule has 0 N–H and O–H groups in total. The van der Waals surface area contributed by atoms with Gasteiger partial charge >= 0.3 is 0 Å². The number of halogens is 1. The minimum absolute atomic E-state index is 0.616. The van der Waals surface area contributed by atoms with Crippen molar-refractivity contribution in [2.45, 2.75) is 12.5 Å². The van der Waals surface area contributed by atoms with Crippen LogP contribution in [0.25, 0.3) is 0 Å². The van der Waals surface area contributed by atoms with E-state index in [0.29, 0.717) is 5.92 Å². The molecule has 0 radical (unpaired) electrons. The van der Waals surface area contributed by atoms with Gasteiger partial charge in [-0.15, -0.1) is 0 Å². The monoisotopic (exact) mass is 301 g/mol. The van der Waals surface area contributed by atoms with Crippen molar-refractivity contribution in [2.24, 2.45) is 0 Å². The van der Waals surface area contributed by atoms with E-state index >= 15 is 0 Å². The number of fused-ring (bicyclic) bond motifs is 1. The molecule has 0 aliphatic carbocycles. The molecule has 0 saturated heterocycles. The highest BCUT2D eigenvalue weighted by Gasteiger charge is 2.27. The Morgan fingerprint density at radius 2 is 1.72 bits per heavy atom. The molecule has 1 aliphatic rings. The van der Waals surface area contributed by atoms with Crippen LogP contribution in [0.5, 0.6) is 0 Å². The van der Waals surface area contributed by atoms with Crippen LogP contribution in [0.3, 0.4) is 0 Å². The van der Waals surface area contributed by atoms with E-state index in [-0.39, 0.29) is 0 Å². The predicted octanol–water partition coefficient (Wildman–Crippen LogP) is 4.19. The lowest BCUT2D eigenvalue weighted by atomic mass is 10.0. The van der Waals surface area contributed by atoms with E-state index in [4.69, 9.17) is 0 Å². The molecule has 0 saturated carbocycles. The zero-order valence-corrected chi connectivity index (χ0v) is 11.8. The standard InChI is InChI=1S/C16H16BrN/c17-10-14-12-18(11-13-6-2-1-3-7-13)16-9-5-4-8-15(14)16/h1-9,14H,10-12H2/t14-/m0/s1. The molecule has 2 aromatic rings. The van der Waals surface area contributed by atoms with Crippen LogP contribution in [0.2, 0.25) is 0 Å². The molecule has 0 amide bonds. The summed E-state index contributed by atoms with van der Waals surface area (Å²) in [6, 6.07) is 19.5. The minimum atomic E-state index is 0.616. The molecular formula is C16H16BrN. The van der Waals surface area contributed by atoms with Gasteiger partial charge < -0.3 is 4.90 Å². The minimum Gasteiger partial charge on any atom is -0.366 e. The molecule has 0 fully saturated rings. The number of alkyl halides is 1. The maximum atomic E-state index is 3.63. The Hall–Kier alpha value is -1.28. The van der Waals surface area contributed by atoms with Crippen molar-refractivity contribution in [1.29, 1.82) is 0 Å². The Labute approximate surface area is 117 Å². The van der Waals surface area contributed by atoms with Crippen molar-refractivity contribution in [3.8, 4) is 0 Å². The van der Waals surface area contributed by atoms with Crippen LogP contribution in [0, 0.1) is 0 Å². The molecule has 1 aliphatic heterocycles. The van der Waals surface area contributed by atoms with E-state index in [0.717, 1.165) is 18.4 Å². The highest BCUT2D eigenvalue weighted by atomic mass is 79.9. The zero-order chi connectivity index (χ0) is 12.4. The Kier molecular flexibility index (Phi) is 3.37. The first-order valence-electron chi connectivity index (χ1n) is 6.32. The zero-order valence-electron chi connectivity index (χ0n) is 10.2. The Balaban J connectivity index is 1.87. The average Bonchev–Trinajstić information content (AvgIpc) is 2.78. The summed E-state index contributed by atoms with van der Waals surface area (Å²) in [7, 11) is 0. The Morgan fingerprint density at radius 3 is 2.50 bits per heavy atom. The summed E-state index contributed by atoms with van der Waals surface area (Å²) in [5.41, 5.74) is 4.25. The van der Waals surface area contributed by atoms with Gasteiger partial charge in [-0.3, -0.25) is 0 Å². The van der Waals surface area contributed by atoms with Gasteiger partial charge in [-0.1, -0.05) is 64.5 Å². The van der Waals surface area contributed by atoms with E-state index < -0.39 is 0 Å². The van der Waals surface area contributed by atoms with Crippen LogP contribution in [0.15, 0.2) is 54.6 Å². The first-order chi connectivity index (χ1) is 8.88. The molecule has 2 heteroatoms. The molecule has 0 bridgehead atoms. The molecule has 1 nitrogen and oxygen atoms in total. The van der Waals surface area contributed by atoms with Gasteiger partial charge in [-0.2, -0.15) is 0 Å². The number of hydrogen-bond donors (Lipinski definition) is 0. The summed E-state index contributed by atoms with van der Waals surface area (Å²) in [6.07, 6.45) is 0. The molecule has 92 valence electrons. The molecule has 3 rings (SSSR count). The topological polar surface area (TPSA) is 3.24 Å². The van der Waals surface area contributed by atoms with Gasteiger partial charge in [0, 0.05) is 30.0 Å². The highest BCUT2D eigenvalue weighted by Crippen LogP contribution is 2.37. The van der Waals surface area contributed by atoms with Gasteiger partial charge in [0.05, 0.1) is 0 Å². The van der Waals surface area contributed by atoms with E-state index in [9.17, 15) is 0 Å². The summed E-state index contributed by atoms with van der Waals surface area (Å²) >= 11 is 3.63. The summed E-state index contributed by atoms with van der Waals surface area (Å²) in [5, 5.41) is 1.04. The van der Waals surface area contributed by atoms with Crippen molar-refractivity contribution < 1.29 is 0 Å². The molecule has 0 spiro atoms. The Bertz CT molecular complexity index is 524. The number of anilines is 1. The summed E-state index contributed by atoms with van der Waals surface area (Å²) in [5.74, 6) is 0.616. The first-order valence-corrected chi connectivity index (χ1v) is 7.44. The molecular weight excluding hydrogens is 286 g/mol. The van der Waals surface area contributed by atoms with Gasteiger partial charge in [0.15, 0.2) is 0 Å². The fraction of sp³-hybridized carbons (Fsp3) is 0.250. The molecule has 0 aromatic heterocycles. The van der Waals surface area contributed by atoms with Gasteiger partial charge in [0.25, 0.3) is 0 Å². The lowest BCUT2D eigenvalue weighted by Gasteiger charge is -2.19. The number of nitrogens with zero attached hydrogens (tertiary/aromatic N) is 1. The second kappa shape index (κ2) is 5.15. The van der Waals surface area contributed by atoms with E-state index in [2.05, 4.69) is 75.4 Å². The lowest BCUT2D eigenvalue weighted by molar-refractivity contribution is 0.756. The van der Waals surface area contributed by atoms with Crippen molar-refractivity contribution in [1.82, 2.24) is 0 Å². The van der Waals surface area contributed by atoms with Crippen molar-refractivity contribution in [3.63, 3.8) is 0 Å². The van der Waals surface area contributed by atoms with Crippen molar-refractivity contribution in [3.05, 3.63) is 65.7 Å². The SMILES string of the molecule is BrC[C@H]1CN(Cc2ccccc2)c2ccccc21. The Morgan fingerprint density at radius 1 is 1.00 bits per heavy atom. The normalized spacial score (nSPS) is 17.8. The van der Waals surface area contributed by atoms with Gasteiger partial charge in [0.1, 0.15) is 0 Å². The molecule has 0 unspecified atom stereocenters. The molecule has 1 heterocycles. The van der Waals surface area contributed by atoms with Gasteiger partial charge in [-0.05, 0) is 17.2 Å². The summed E-state index contributed by atoms with van der Waals surface area (Å²) in [6.45, 7) is 2.11. The fourth-order valence-corrected chi connectivity index (χ4v) is 3.22. The number of para-hydroxylation sites is 1. The average molecular weight is 302 g/mol. The molecule has 18 heavy (non-hydrogen) atoms.